The summed E-state index contributed by atoms with van der Waals surface area (Å²) in [6.45, 7) is 8.60. The lowest BCUT2D eigenvalue weighted by Crippen LogP contribution is -2.34. The van der Waals surface area contributed by atoms with Crippen molar-refractivity contribution in [1.29, 1.82) is 0 Å². The predicted molar refractivity (Wildman–Crippen MR) is 150 cm³/mol. The van der Waals surface area contributed by atoms with Gasteiger partial charge in [0.2, 0.25) is 11.8 Å². The number of anilines is 1. The van der Waals surface area contributed by atoms with Crippen LogP contribution in [-0.2, 0) is 22.6 Å². The maximum Gasteiger partial charge on any atom is 0.267 e. The molecule has 0 fully saturated rings. The van der Waals surface area contributed by atoms with E-state index in [1.165, 1.54) is 23.1 Å². The molecule has 0 spiro atoms. The molecule has 1 N–H and O–H groups in total. The molecule has 1 aliphatic heterocycles. The first-order valence-corrected chi connectivity index (χ1v) is 13.9. The molecular weight excluding hydrogens is 504 g/mol. The van der Waals surface area contributed by atoms with Gasteiger partial charge in [0.1, 0.15) is 4.83 Å². The van der Waals surface area contributed by atoms with Gasteiger partial charge >= 0.3 is 0 Å². The van der Waals surface area contributed by atoms with Crippen LogP contribution in [0.5, 0.6) is 0 Å². The number of carbonyl (C=O) groups is 2. The van der Waals surface area contributed by atoms with Crippen molar-refractivity contribution in [3.05, 3.63) is 79.9 Å². The zero-order valence-electron chi connectivity index (χ0n) is 21.3. The van der Waals surface area contributed by atoms with Crippen LogP contribution in [-0.4, -0.2) is 38.6 Å². The SMILES string of the molecule is CC(=O)N1CCc2c(sc3nc(SCC(=O)Nc4cc(C)cc(C)c4)n(-c4ccccc4C)c(=O)c23)C1. The van der Waals surface area contributed by atoms with Crippen LogP contribution in [0.1, 0.15) is 34.1 Å². The Balaban J connectivity index is 1.53. The number of rotatable bonds is 5. The predicted octanol–water partition coefficient (Wildman–Crippen LogP) is 5.01. The summed E-state index contributed by atoms with van der Waals surface area (Å²) >= 11 is 2.71. The molecule has 2 amide bonds. The Hall–Kier alpha value is -3.43. The molecule has 0 saturated heterocycles. The minimum atomic E-state index is -0.164. The van der Waals surface area contributed by atoms with Gasteiger partial charge < -0.3 is 10.2 Å². The van der Waals surface area contributed by atoms with Gasteiger partial charge in [0.05, 0.1) is 23.4 Å². The van der Waals surface area contributed by atoms with Gasteiger partial charge in [0, 0.05) is 24.0 Å². The van der Waals surface area contributed by atoms with E-state index in [0.29, 0.717) is 34.9 Å². The molecule has 190 valence electrons. The average molecular weight is 533 g/mol. The summed E-state index contributed by atoms with van der Waals surface area (Å²) in [6, 6.07) is 13.6. The molecule has 5 rings (SSSR count). The second kappa shape index (κ2) is 10.1. The average Bonchev–Trinajstić information content (AvgIpc) is 3.20. The molecule has 4 aromatic rings. The van der Waals surface area contributed by atoms with Gasteiger partial charge in [-0.3, -0.25) is 19.0 Å². The third kappa shape index (κ3) is 5.06. The quantitative estimate of drug-likeness (QED) is 0.289. The van der Waals surface area contributed by atoms with Crippen LogP contribution < -0.4 is 10.9 Å². The number of thiophene rings is 1. The zero-order chi connectivity index (χ0) is 26.3. The molecule has 0 aliphatic carbocycles. The molecule has 0 saturated carbocycles. The summed E-state index contributed by atoms with van der Waals surface area (Å²) in [4.78, 5) is 47.1. The number of nitrogens with one attached hydrogen (secondary N) is 1. The van der Waals surface area contributed by atoms with Gasteiger partial charge in [-0.2, -0.15) is 0 Å². The Morgan fingerprint density at radius 2 is 1.84 bits per heavy atom. The zero-order valence-corrected chi connectivity index (χ0v) is 22.9. The molecule has 1 aliphatic rings. The van der Waals surface area contributed by atoms with Gasteiger partial charge in [-0.05, 0) is 67.6 Å². The van der Waals surface area contributed by atoms with E-state index in [2.05, 4.69) is 11.4 Å². The van der Waals surface area contributed by atoms with Gasteiger partial charge in [0.15, 0.2) is 5.16 Å². The highest BCUT2D eigenvalue weighted by atomic mass is 32.2. The lowest BCUT2D eigenvalue weighted by Gasteiger charge is -2.25. The smallest absolute Gasteiger partial charge is 0.267 e. The Kier molecular flexibility index (Phi) is 6.92. The van der Waals surface area contributed by atoms with Crippen molar-refractivity contribution in [2.75, 3.05) is 17.6 Å². The number of hydrogen-bond acceptors (Lipinski definition) is 6. The van der Waals surface area contributed by atoms with Gasteiger partial charge in [0.25, 0.3) is 5.56 Å². The number of thioether (sulfide) groups is 1. The minimum Gasteiger partial charge on any atom is -0.337 e. The summed E-state index contributed by atoms with van der Waals surface area (Å²) in [5, 5.41) is 4.06. The van der Waals surface area contributed by atoms with Crippen LogP contribution in [0.15, 0.2) is 52.4 Å². The Morgan fingerprint density at radius 3 is 2.54 bits per heavy atom. The van der Waals surface area contributed by atoms with Crippen molar-refractivity contribution in [3.63, 3.8) is 0 Å². The number of hydrogen-bond donors (Lipinski definition) is 1. The van der Waals surface area contributed by atoms with Crippen molar-refractivity contribution in [3.8, 4) is 5.69 Å². The number of amides is 2. The number of benzene rings is 2. The fourth-order valence-electron chi connectivity index (χ4n) is 4.79. The Morgan fingerprint density at radius 1 is 1.11 bits per heavy atom. The second-order valence-corrected chi connectivity index (χ2v) is 11.4. The van der Waals surface area contributed by atoms with Crippen molar-refractivity contribution in [1.82, 2.24) is 14.5 Å². The number of carbonyl (C=O) groups excluding carboxylic acids is 2. The fourth-order valence-corrected chi connectivity index (χ4v) is 6.87. The summed E-state index contributed by atoms with van der Waals surface area (Å²) in [7, 11) is 0. The van der Waals surface area contributed by atoms with E-state index in [4.69, 9.17) is 4.98 Å². The number of nitrogens with zero attached hydrogens (tertiary/aromatic N) is 3. The molecule has 2 aromatic carbocycles. The standard InChI is InChI=1S/C28H28N4O3S2/c1-16-11-17(2)13-20(12-16)29-24(34)15-36-28-30-26-25(21-9-10-31(19(4)33)14-23(21)37-26)27(35)32(28)22-8-6-5-7-18(22)3/h5-8,11-13H,9-10,14-15H2,1-4H3,(H,29,34). The molecule has 0 unspecified atom stereocenters. The monoisotopic (exact) mass is 532 g/mol. The molecule has 0 bridgehead atoms. The molecule has 7 nitrogen and oxygen atoms in total. The summed E-state index contributed by atoms with van der Waals surface area (Å²) in [5.74, 6) is -0.0253. The lowest BCUT2D eigenvalue weighted by molar-refractivity contribution is -0.129. The minimum absolute atomic E-state index is 0.0273. The summed E-state index contributed by atoms with van der Waals surface area (Å²) in [6.07, 6.45) is 0.629. The molecule has 0 atom stereocenters. The summed E-state index contributed by atoms with van der Waals surface area (Å²) in [5.41, 5.74) is 5.46. The van der Waals surface area contributed by atoms with Crippen molar-refractivity contribution >= 4 is 50.8 Å². The molecular formula is C28H28N4O3S2. The lowest BCUT2D eigenvalue weighted by atomic mass is 10.1. The second-order valence-electron chi connectivity index (χ2n) is 9.41. The molecule has 2 aromatic heterocycles. The fraction of sp³-hybridized carbons (Fsp3) is 0.286. The van der Waals surface area contributed by atoms with E-state index in [-0.39, 0.29) is 23.1 Å². The highest BCUT2D eigenvalue weighted by Crippen LogP contribution is 2.34. The molecule has 0 radical (unpaired) electrons. The van der Waals surface area contributed by atoms with E-state index in [0.717, 1.165) is 38.5 Å². The van der Waals surface area contributed by atoms with Crippen LogP contribution in [0.3, 0.4) is 0 Å². The molecule has 3 heterocycles. The molecule has 37 heavy (non-hydrogen) atoms. The first-order valence-electron chi connectivity index (χ1n) is 12.1. The van der Waals surface area contributed by atoms with Crippen molar-refractivity contribution < 1.29 is 9.59 Å². The van der Waals surface area contributed by atoms with Crippen molar-refractivity contribution in [2.45, 2.75) is 45.8 Å². The third-order valence-corrected chi connectivity index (χ3v) is 8.53. The normalized spacial score (nSPS) is 13.0. The van der Waals surface area contributed by atoms with E-state index < -0.39 is 0 Å². The first-order chi connectivity index (χ1) is 17.7. The maximum absolute atomic E-state index is 14.0. The van der Waals surface area contributed by atoms with E-state index >= 15 is 0 Å². The number of para-hydroxylation sites is 1. The third-order valence-electron chi connectivity index (χ3n) is 6.48. The van der Waals surface area contributed by atoms with Gasteiger partial charge in [-0.15, -0.1) is 11.3 Å². The van der Waals surface area contributed by atoms with Crippen LogP contribution in [0, 0.1) is 20.8 Å². The first kappa shape index (κ1) is 25.2. The van der Waals surface area contributed by atoms with Crippen LogP contribution in [0.25, 0.3) is 15.9 Å². The largest absolute Gasteiger partial charge is 0.337 e. The van der Waals surface area contributed by atoms with Crippen LogP contribution in [0.4, 0.5) is 5.69 Å². The topological polar surface area (TPSA) is 84.3 Å². The van der Waals surface area contributed by atoms with Gasteiger partial charge in [-0.1, -0.05) is 36.0 Å². The van der Waals surface area contributed by atoms with Crippen molar-refractivity contribution in [2.24, 2.45) is 0 Å². The van der Waals surface area contributed by atoms with E-state index in [1.54, 1.807) is 16.4 Å². The summed E-state index contributed by atoms with van der Waals surface area (Å²) < 4.78 is 1.64. The number of fused-ring (bicyclic) bond motifs is 3. The maximum atomic E-state index is 14.0. The Bertz CT molecular complexity index is 1590. The van der Waals surface area contributed by atoms with Crippen LogP contribution in [0.2, 0.25) is 0 Å². The van der Waals surface area contributed by atoms with Gasteiger partial charge in [-0.25, -0.2) is 4.98 Å². The number of aromatic nitrogens is 2. The highest BCUT2D eigenvalue weighted by Gasteiger charge is 2.27. The number of aryl methyl sites for hydroxylation is 3. The highest BCUT2D eigenvalue weighted by molar-refractivity contribution is 7.99. The molecule has 9 heteroatoms. The van der Waals surface area contributed by atoms with Crippen LogP contribution >= 0.6 is 23.1 Å². The Labute approximate surface area is 223 Å². The van der Waals surface area contributed by atoms with E-state index in [9.17, 15) is 14.4 Å². The van der Waals surface area contributed by atoms with E-state index in [1.807, 2.05) is 57.2 Å².